The number of carbonyl (C=O) groups excluding carboxylic acids is 7. The van der Waals surface area contributed by atoms with Gasteiger partial charge in [0.1, 0.15) is 30.2 Å². The molecular formula is C50H61N9O10. The summed E-state index contributed by atoms with van der Waals surface area (Å²) >= 11 is 0. The Kier molecular flexibility index (Phi) is 15.6. The van der Waals surface area contributed by atoms with Gasteiger partial charge in [0.15, 0.2) is 6.29 Å². The monoisotopic (exact) mass is 947 g/mol. The Morgan fingerprint density at radius 1 is 0.710 bits per heavy atom. The van der Waals surface area contributed by atoms with Crippen molar-refractivity contribution in [2.75, 3.05) is 73.2 Å². The fourth-order valence-corrected chi connectivity index (χ4v) is 9.32. The third-order valence-electron chi connectivity index (χ3n) is 12.7. The molecule has 7 amide bonds. The number of hydrogen-bond acceptors (Lipinski definition) is 11. The highest BCUT2D eigenvalue weighted by atomic mass is 16.7. The molecule has 3 N–H and O–H groups in total. The van der Waals surface area contributed by atoms with Crippen molar-refractivity contribution < 1.29 is 47.8 Å². The molecule has 19 nitrogen and oxygen atoms in total. The number of primary amides is 1. The average Bonchev–Trinajstić information content (AvgIpc) is 3.80. The lowest BCUT2D eigenvalue weighted by atomic mass is 9.77. The summed E-state index contributed by atoms with van der Waals surface area (Å²) in [5.74, 6) is -4.78. The predicted molar refractivity (Wildman–Crippen MR) is 251 cm³/mol. The van der Waals surface area contributed by atoms with Crippen LogP contribution in [0.4, 0.5) is 0 Å². The number of ether oxygens (including phenoxy) is 3. The van der Waals surface area contributed by atoms with Crippen LogP contribution in [0.1, 0.15) is 49.6 Å². The topological polar surface area (TPSA) is 219 Å². The largest absolute Gasteiger partial charge is 0.373 e. The van der Waals surface area contributed by atoms with E-state index in [-0.39, 0.29) is 45.8 Å². The fourth-order valence-electron chi connectivity index (χ4n) is 9.32. The van der Waals surface area contributed by atoms with Gasteiger partial charge < -0.3 is 54.3 Å². The molecule has 69 heavy (non-hydrogen) atoms. The van der Waals surface area contributed by atoms with E-state index in [4.69, 9.17) is 24.9 Å². The minimum absolute atomic E-state index is 0.0457. The normalized spacial score (nSPS) is 20.2. The van der Waals surface area contributed by atoms with Crippen LogP contribution in [-0.2, 0) is 59.7 Å². The smallest absolute Gasteiger partial charge is 0.248 e. The number of nitrogens with one attached hydrogen (secondary N) is 1. The van der Waals surface area contributed by atoms with Crippen LogP contribution in [0.3, 0.4) is 0 Å². The quantitative estimate of drug-likeness (QED) is 0.134. The number of benzene rings is 3. The van der Waals surface area contributed by atoms with E-state index in [1.807, 2.05) is 102 Å². The zero-order chi connectivity index (χ0) is 49.5. The van der Waals surface area contributed by atoms with E-state index in [1.165, 1.54) is 38.7 Å². The third kappa shape index (κ3) is 11.2. The highest BCUT2D eigenvalue weighted by Gasteiger charge is 2.45. The van der Waals surface area contributed by atoms with Gasteiger partial charge in [-0.3, -0.25) is 33.6 Å². The standard InChI is InChI=1S/C50H61N9O10/c1-49(2,3)69-32-38-46(64)56(31-45(67-4)68-5)30-44(63)58-24-22-55(29-43(62)59-23-21-54(28-42(61)53-38)48(66)40(59)26-41(51)60)47(65)39(58)25-37-27-57(33-52-37)50(34-15-9-6-10-16-34,35-17-11-7-12-18-35)36-19-13-8-14-20-36/h6-20,27,33,38-40,45H,21-26,28-32H2,1-5H3,(H2,51,60)(H,53,61)/t38-,39-,40-/m0/s1. The van der Waals surface area contributed by atoms with E-state index < -0.39 is 103 Å². The SMILES string of the molecule is COC(CN1CC(=O)N2CCN(CC(=O)N3CCN(CC(=O)N[C@@H](COC(C)(C)C)C1=O)C(=O)[C@@H]3CC(N)=O)C(=O)[C@@H]2Cc1cn(C(c2ccccc2)(c2ccccc2)c2ccccc2)cn1)OC. The molecule has 6 heterocycles. The van der Waals surface area contributed by atoms with Crippen LogP contribution in [-0.4, -0.2) is 179 Å². The van der Waals surface area contributed by atoms with E-state index >= 15 is 0 Å². The number of methoxy groups -OCH3 is 2. The number of nitrogens with two attached hydrogens (primary N) is 1. The van der Waals surface area contributed by atoms with Gasteiger partial charge in [0.05, 0.1) is 50.3 Å². The second-order valence-corrected chi connectivity index (χ2v) is 18.3. The number of fused-ring (bicyclic) bond motifs is 2. The summed E-state index contributed by atoms with van der Waals surface area (Å²) in [6.07, 6.45) is 1.93. The first-order valence-electron chi connectivity index (χ1n) is 23.0. The van der Waals surface area contributed by atoms with E-state index in [9.17, 15) is 33.6 Å². The molecule has 5 fully saturated rings. The number of rotatable bonds is 14. The summed E-state index contributed by atoms with van der Waals surface area (Å²) in [4.78, 5) is 110. The second kappa shape index (κ2) is 21.6. The van der Waals surface area contributed by atoms with Crippen molar-refractivity contribution in [3.8, 4) is 0 Å². The summed E-state index contributed by atoms with van der Waals surface area (Å²) < 4.78 is 19.0. The molecule has 3 aromatic carbocycles. The fraction of sp³-hybridized carbons (Fsp3) is 0.440. The molecule has 0 radical (unpaired) electrons. The lowest BCUT2D eigenvalue weighted by Gasteiger charge is -2.44. The van der Waals surface area contributed by atoms with E-state index in [0.717, 1.165) is 16.7 Å². The predicted octanol–water partition coefficient (Wildman–Crippen LogP) is 0.981. The van der Waals surface area contributed by atoms with Crippen LogP contribution in [0.2, 0.25) is 0 Å². The summed E-state index contributed by atoms with van der Waals surface area (Å²) in [5, 5.41) is 2.70. The van der Waals surface area contributed by atoms with Crippen LogP contribution in [0, 0.1) is 0 Å². The Bertz CT molecular complexity index is 2380. The summed E-state index contributed by atoms with van der Waals surface area (Å²) in [7, 11) is 2.76. The van der Waals surface area contributed by atoms with Crippen molar-refractivity contribution in [2.24, 2.45) is 5.73 Å². The van der Waals surface area contributed by atoms with Gasteiger partial charge in [0.2, 0.25) is 41.4 Å². The van der Waals surface area contributed by atoms with Crippen molar-refractivity contribution in [2.45, 2.75) is 69.2 Å². The highest BCUT2D eigenvalue weighted by molar-refractivity contribution is 5.98. The molecular weight excluding hydrogens is 887 g/mol. The molecule has 0 unspecified atom stereocenters. The molecule has 0 saturated carbocycles. The number of carbonyl (C=O) groups is 7. The minimum Gasteiger partial charge on any atom is -0.373 e. The molecule has 1 aromatic heterocycles. The lowest BCUT2D eigenvalue weighted by molar-refractivity contribution is -0.162. The number of aromatic nitrogens is 2. The lowest BCUT2D eigenvalue weighted by Crippen LogP contribution is -2.65. The van der Waals surface area contributed by atoms with Crippen LogP contribution in [0.15, 0.2) is 104 Å². The van der Waals surface area contributed by atoms with Gasteiger partial charge in [-0.25, -0.2) is 4.98 Å². The molecule has 4 bridgehead atoms. The second-order valence-electron chi connectivity index (χ2n) is 18.3. The highest BCUT2D eigenvalue weighted by Crippen LogP contribution is 2.41. The van der Waals surface area contributed by atoms with Gasteiger partial charge in [0, 0.05) is 53.0 Å². The van der Waals surface area contributed by atoms with Crippen LogP contribution in [0.5, 0.6) is 0 Å². The maximum Gasteiger partial charge on any atom is 0.248 e. The van der Waals surface area contributed by atoms with Gasteiger partial charge in [-0.05, 0) is 37.5 Å². The Morgan fingerprint density at radius 2 is 1.22 bits per heavy atom. The number of amides is 7. The van der Waals surface area contributed by atoms with Crippen molar-refractivity contribution in [1.29, 1.82) is 0 Å². The van der Waals surface area contributed by atoms with Crippen LogP contribution in [0.25, 0.3) is 0 Å². The molecule has 19 heteroatoms. The first-order chi connectivity index (χ1) is 33.0. The molecule has 5 saturated heterocycles. The Hall–Kier alpha value is -6.96. The molecule has 5 aliphatic rings. The minimum atomic E-state index is -1.37. The summed E-state index contributed by atoms with van der Waals surface area (Å²) in [5.41, 5.74) is 7.16. The van der Waals surface area contributed by atoms with Crippen molar-refractivity contribution in [1.82, 2.24) is 39.4 Å². The van der Waals surface area contributed by atoms with E-state index in [1.54, 1.807) is 27.1 Å². The number of nitrogens with zero attached hydrogens (tertiary/aromatic N) is 7. The Morgan fingerprint density at radius 3 is 1.74 bits per heavy atom. The molecule has 5 aliphatic heterocycles. The van der Waals surface area contributed by atoms with Gasteiger partial charge in [0.25, 0.3) is 0 Å². The number of imidazole rings is 1. The van der Waals surface area contributed by atoms with Gasteiger partial charge in [-0.2, -0.15) is 0 Å². The third-order valence-corrected chi connectivity index (χ3v) is 12.7. The zero-order valence-corrected chi connectivity index (χ0v) is 39.7. The Balaban J connectivity index is 1.31. The first-order valence-corrected chi connectivity index (χ1v) is 23.0. The van der Waals surface area contributed by atoms with E-state index in [2.05, 4.69) is 5.32 Å². The summed E-state index contributed by atoms with van der Waals surface area (Å²) in [6, 6.07) is 25.9. The molecule has 3 atom stereocenters. The van der Waals surface area contributed by atoms with Crippen LogP contribution >= 0.6 is 0 Å². The van der Waals surface area contributed by atoms with Gasteiger partial charge >= 0.3 is 0 Å². The summed E-state index contributed by atoms with van der Waals surface area (Å²) in [6.45, 7) is 2.91. The Labute approximate surface area is 401 Å². The average molecular weight is 948 g/mol. The molecule has 4 aromatic rings. The van der Waals surface area contributed by atoms with Gasteiger partial charge in [-0.15, -0.1) is 0 Å². The van der Waals surface area contributed by atoms with Crippen molar-refractivity contribution >= 4 is 41.4 Å². The van der Waals surface area contributed by atoms with Crippen molar-refractivity contribution in [3.63, 3.8) is 0 Å². The zero-order valence-electron chi connectivity index (χ0n) is 39.7. The number of piperazine rings is 2. The molecule has 9 rings (SSSR count). The molecule has 0 aliphatic carbocycles. The maximum atomic E-state index is 15.0. The van der Waals surface area contributed by atoms with Crippen LogP contribution < -0.4 is 11.1 Å². The molecule has 0 spiro atoms. The van der Waals surface area contributed by atoms with E-state index in [0.29, 0.717) is 5.69 Å². The maximum absolute atomic E-state index is 15.0. The molecule has 366 valence electrons. The van der Waals surface area contributed by atoms with Gasteiger partial charge in [-0.1, -0.05) is 91.0 Å². The number of hydrogen-bond donors (Lipinski definition) is 2. The first kappa shape index (κ1) is 49.9. The van der Waals surface area contributed by atoms with Crippen molar-refractivity contribution in [3.05, 3.63) is 126 Å².